The number of nitrogens with zero attached hydrogens (tertiary/aromatic N) is 3. The summed E-state index contributed by atoms with van der Waals surface area (Å²) >= 11 is 0. The van der Waals surface area contributed by atoms with E-state index in [1.807, 2.05) is 0 Å². The average molecular weight is 508 g/mol. The highest BCUT2D eigenvalue weighted by Gasteiger charge is 2.38. The number of anilines is 1. The molecule has 0 saturated heterocycles. The quantitative estimate of drug-likeness (QED) is 0.501. The number of hydrogen-bond acceptors (Lipinski definition) is 7. The average Bonchev–Trinajstić information content (AvgIpc) is 2.76. The molecule has 13 heteroatoms. The van der Waals surface area contributed by atoms with Gasteiger partial charge in [-0.05, 0) is 49.7 Å². The van der Waals surface area contributed by atoms with Crippen molar-refractivity contribution in [1.82, 2.24) is 10.2 Å². The Hall–Kier alpha value is -4.05. The van der Waals surface area contributed by atoms with E-state index in [0.717, 1.165) is 25.3 Å². The lowest BCUT2D eigenvalue weighted by Crippen LogP contribution is -2.21. The molecule has 0 saturated carbocycles. The number of alkyl halides is 3. The van der Waals surface area contributed by atoms with Crippen molar-refractivity contribution in [3.05, 3.63) is 70.2 Å². The minimum atomic E-state index is -4.95. The fourth-order valence-corrected chi connectivity index (χ4v) is 3.74. The van der Waals surface area contributed by atoms with Crippen LogP contribution in [0.5, 0.6) is 11.6 Å². The Morgan fingerprint density at radius 3 is 2.40 bits per heavy atom. The largest absolute Gasteiger partial charge is 0.437 e. The topological polar surface area (TPSA) is 122 Å². The second-order valence-corrected chi connectivity index (χ2v) is 9.39. The third-order valence-electron chi connectivity index (χ3n) is 4.86. The number of halogens is 4. The zero-order valence-corrected chi connectivity index (χ0v) is 19.2. The van der Waals surface area contributed by atoms with Crippen LogP contribution >= 0.6 is 0 Å². The molecule has 0 aliphatic heterocycles. The van der Waals surface area contributed by atoms with Crippen LogP contribution in [0.25, 0.3) is 0 Å². The molecule has 3 aromatic rings. The van der Waals surface area contributed by atoms with Gasteiger partial charge in [0.25, 0.3) is 11.8 Å². The Kier molecular flexibility index (Phi) is 6.80. The second kappa shape index (κ2) is 9.30. The van der Waals surface area contributed by atoms with Crippen molar-refractivity contribution in [3.63, 3.8) is 0 Å². The lowest BCUT2D eigenvalue weighted by molar-refractivity contribution is -0.142. The summed E-state index contributed by atoms with van der Waals surface area (Å²) in [5, 5.41) is 17.8. The molecule has 35 heavy (non-hydrogen) atoms. The fraction of sp³-hybridized carbons (Fsp3) is 0.182. The van der Waals surface area contributed by atoms with Crippen molar-refractivity contribution < 1.29 is 35.5 Å². The summed E-state index contributed by atoms with van der Waals surface area (Å²) in [6, 6.07) is 9.02. The van der Waals surface area contributed by atoms with Crippen LogP contribution in [-0.2, 0) is 16.0 Å². The van der Waals surface area contributed by atoms with Gasteiger partial charge in [-0.25, -0.2) is 12.8 Å². The molecule has 0 aliphatic carbocycles. The van der Waals surface area contributed by atoms with Crippen LogP contribution in [0, 0.1) is 31.0 Å². The van der Waals surface area contributed by atoms with Crippen LogP contribution in [0.1, 0.15) is 32.7 Å². The Labute approximate surface area is 197 Å². The number of nitriles is 1. The third kappa shape index (κ3) is 5.38. The zero-order valence-electron chi connectivity index (χ0n) is 18.4. The number of hydrogen-bond donors (Lipinski definition) is 1. The number of aromatic nitrogens is 2. The molecule has 1 amide bonds. The van der Waals surface area contributed by atoms with E-state index >= 15 is 0 Å². The van der Waals surface area contributed by atoms with Crippen LogP contribution in [0.3, 0.4) is 0 Å². The van der Waals surface area contributed by atoms with Crippen molar-refractivity contribution in [2.75, 3.05) is 11.6 Å². The summed E-state index contributed by atoms with van der Waals surface area (Å²) in [6.45, 7) is 2.25. The van der Waals surface area contributed by atoms with Crippen molar-refractivity contribution in [2.45, 2.75) is 24.9 Å². The van der Waals surface area contributed by atoms with Gasteiger partial charge < -0.3 is 10.1 Å². The highest BCUT2D eigenvalue weighted by molar-refractivity contribution is 7.90. The number of nitrogens with one attached hydrogen (secondary N) is 1. The number of benzene rings is 2. The Morgan fingerprint density at radius 1 is 1.11 bits per heavy atom. The van der Waals surface area contributed by atoms with Gasteiger partial charge in [0.1, 0.15) is 23.2 Å². The molecular weight excluding hydrogens is 492 g/mol. The Bertz CT molecular complexity index is 1480. The first kappa shape index (κ1) is 25.6. The molecule has 0 radical (unpaired) electrons. The van der Waals surface area contributed by atoms with E-state index in [1.165, 1.54) is 31.2 Å². The predicted molar refractivity (Wildman–Crippen MR) is 115 cm³/mol. The van der Waals surface area contributed by atoms with Gasteiger partial charge in [-0.1, -0.05) is 6.07 Å². The normalized spacial score (nSPS) is 11.6. The molecule has 3 rings (SSSR count). The van der Waals surface area contributed by atoms with E-state index in [2.05, 4.69) is 15.5 Å². The minimum absolute atomic E-state index is 0.0192. The number of sulfone groups is 1. The molecule has 1 aromatic heterocycles. The molecule has 1 N–H and O–H groups in total. The van der Waals surface area contributed by atoms with E-state index in [-0.39, 0.29) is 27.5 Å². The van der Waals surface area contributed by atoms with E-state index in [4.69, 9.17) is 10.00 Å². The van der Waals surface area contributed by atoms with Crippen LogP contribution in [0.15, 0.2) is 41.3 Å². The van der Waals surface area contributed by atoms with Gasteiger partial charge in [-0.15, -0.1) is 10.2 Å². The standard InChI is InChI=1S/C22H16F4N4O4S/c1-11-16(8-7-13(10-27)18(11)23)34-21-17(12(2)19(29-30-21)22(24,25)26)20(31)28-14-5-4-6-15(9-14)35(3,32)33/h4-9H,1-3H3,(H,28,31). The van der Waals surface area contributed by atoms with Gasteiger partial charge in [-0.2, -0.15) is 18.4 Å². The van der Waals surface area contributed by atoms with Gasteiger partial charge in [0.2, 0.25) is 0 Å². The summed E-state index contributed by atoms with van der Waals surface area (Å²) in [7, 11) is -3.63. The first-order chi connectivity index (χ1) is 16.2. The van der Waals surface area contributed by atoms with Gasteiger partial charge in [0.05, 0.1) is 10.5 Å². The summed E-state index contributed by atoms with van der Waals surface area (Å²) in [5.74, 6) is -2.87. The number of ether oxygens (including phenoxy) is 1. The van der Waals surface area contributed by atoms with Crippen LogP contribution < -0.4 is 10.1 Å². The molecule has 8 nitrogen and oxygen atoms in total. The smallest absolute Gasteiger partial charge is 0.435 e. The van der Waals surface area contributed by atoms with Crippen molar-refractivity contribution in [1.29, 1.82) is 5.26 Å². The maximum absolute atomic E-state index is 14.3. The molecule has 0 atom stereocenters. The highest BCUT2D eigenvalue weighted by Crippen LogP contribution is 2.36. The van der Waals surface area contributed by atoms with Crippen LogP contribution in [0.2, 0.25) is 0 Å². The summed E-state index contributed by atoms with van der Waals surface area (Å²) in [5.41, 5.74) is -3.16. The summed E-state index contributed by atoms with van der Waals surface area (Å²) in [6.07, 6.45) is -4.00. The third-order valence-corrected chi connectivity index (χ3v) is 5.97. The Balaban J connectivity index is 2.11. The van der Waals surface area contributed by atoms with Gasteiger partial charge in [-0.3, -0.25) is 4.79 Å². The summed E-state index contributed by atoms with van der Waals surface area (Å²) in [4.78, 5) is 12.9. The molecule has 0 unspecified atom stereocenters. The number of rotatable bonds is 5. The van der Waals surface area contributed by atoms with Crippen molar-refractivity contribution in [3.8, 4) is 17.7 Å². The molecule has 0 fully saturated rings. The van der Waals surface area contributed by atoms with E-state index in [1.54, 1.807) is 6.07 Å². The SMILES string of the molecule is Cc1c(Oc2nnc(C(F)(F)F)c(C)c2C(=O)Nc2cccc(S(C)(=O)=O)c2)ccc(C#N)c1F. The van der Waals surface area contributed by atoms with E-state index in [9.17, 15) is 30.8 Å². The molecule has 0 spiro atoms. The first-order valence-corrected chi connectivity index (χ1v) is 11.6. The highest BCUT2D eigenvalue weighted by atomic mass is 32.2. The maximum Gasteiger partial charge on any atom is 0.435 e. The number of amides is 1. The van der Waals surface area contributed by atoms with Gasteiger partial charge >= 0.3 is 6.18 Å². The zero-order chi connectivity index (χ0) is 26.1. The summed E-state index contributed by atoms with van der Waals surface area (Å²) < 4.78 is 83.7. The number of carbonyl (C=O) groups excluding carboxylic acids is 1. The van der Waals surface area contributed by atoms with Crippen LogP contribution in [0.4, 0.5) is 23.2 Å². The van der Waals surface area contributed by atoms with E-state index in [0.29, 0.717) is 0 Å². The molecule has 182 valence electrons. The van der Waals surface area contributed by atoms with Crippen molar-refractivity contribution >= 4 is 21.4 Å². The predicted octanol–water partition coefficient (Wildman–Crippen LogP) is 4.57. The second-order valence-electron chi connectivity index (χ2n) is 7.37. The molecule has 1 heterocycles. The van der Waals surface area contributed by atoms with Crippen LogP contribution in [-0.4, -0.2) is 30.8 Å². The number of carbonyl (C=O) groups is 1. The lowest BCUT2D eigenvalue weighted by Gasteiger charge is -2.17. The first-order valence-electron chi connectivity index (χ1n) is 9.67. The van der Waals surface area contributed by atoms with Gasteiger partial charge in [0, 0.05) is 17.5 Å². The Morgan fingerprint density at radius 2 is 1.80 bits per heavy atom. The molecular formula is C22H16F4N4O4S. The van der Waals surface area contributed by atoms with Gasteiger partial charge in [0.15, 0.2) is 15.5 Å². The maximum atomic E-state index is 14.3. The fourth-order valence-electron chi connectivity index (χ4n) is 3.07. The molecule has 0 aliphatic rings. The lowest BCUT2D eigenvalue weighted by atomic mass is 10.1. The minimum Gasteiger partial charge on any atom is -0.437 e. The molecule has 2 aromatic carbocycles. The monoisotopic (exact) mass is 508 g/mol. The van der Waals surface area contributed by atoms with E-state index < -0.39 is 50.4 Å². The van der Waals surface area contributed by atoms with Crippen molar-refractivity contribution in [2.24, 2.45) is 0 Å². The molecule has 0 bridgehead atoms.